The molecule has 9 heteroatoms. The van der Waals surface area contributed by atoms with Gasteiger partial charge in [0.15, 0.2) is 11.3 Å². The third kappa shape index (κ3) is 5.53. The molecule has 1 aromatic heterocycles. The van der Waals surface area contributed by atoms with Crippen LogP contribution in [0.15, 0.2) is 53.1 Å². The Labute approximate surface area is 189 Å². The Bertz CT molecular complexity index is 1110. The number of ketones is 1. The van der Waals surface area contributed by atoms with Gasteiger partial charge in [-0.25, -0.2) is 4.79 Å². The number of aromatic nitrogens is 1. The van der Waals surface area contributed by atoms with Crippen LogP contribution < -0.4 is 10.1 Å². The van der Waals surface area contributed by atoms with Crippen molar-refractivity contribution in [1.82, 2.24) is 5.16 Å². The molecule has 0 saturated carbocycles. The Balaban J connectivity index is 1.72. The maximum atomic E-state index is 12.5. The summed E-state index contributed by atoms with van der Waals surface area (Å²) in [6.07, 6.45) is -0.130. The number of ether oxygens (including phenoxy) is 2. The SMILES string of the molecule is CCOC(=O)c1c(-c2ccc(Cl)cc2)noc1NC(=O)CCC(=O)c1ccc(OC)cc1. The van der Waals surface area contributed by atoms with Gasteiger partial charge in [0.2, 0.25) is 11.8 Å². The molecule has 0 atom stereocenters. The first-order valence-electron chi connectivity index (χ1n) is 9.82. The van der Waals surface area contributed by atoms with Crippen LogP contribution in [0.1, 0.15) is 40.5 Å². The second kappa shape index (κ2) is 10.6. The van der Waals surface area contributed by atoms with Gasteiger partial charge in [0, 0.05) is 29.0 Å². The summed E-state index contributed by atoms with van der Waals surface area (Å²) in [5.41, 5.74) is 1.24. The third-order valence-corrected chi connectivity index (χ3v) is 4.79. The Morgan fingerprint density at radius 3 is 2.34 bits per heavy atom. The van der Waals surface area contributed by atoms with Gasteiger partial charge in [-0.1, -0.05) is 28.9 Å². The van der Waals surface area contributed by atoms with E-state index in [2.05, 4.69) is 10.5 Å². The molecule has 0 spiro atoms. The molecular weight excluding hydrogens is 436 g/mol. The average molecular weight is 457 g/mol. The van der Waals surface area contributed by atoms with Crippen molar-refractivity contribution in [3.63, 3.8) is 0 Å². The molecule has 0 fully saturated rings. The fourth-order valence-corrected chi connectivity index (χ4v) is 3.04. The van der Waals surface area contributed by atoms with E-state index in [1.807, 2.05) is 0 Å². The van der Waals surface area contributed by atoms with Crippen molar-refractivity contribution >= 4 is 35.1 Å². The van der Waals surface area contributed by atoms with E-state index in [1.54, 1.807) is 55.5 Å². The van der Waals surface area contributed by atoms with Gasteiger partial charge in [-0.2, -0.15) is 0 Å². The predicted molar refractivity (Wildman–Crippen MR) is 118 cm³/mol. The van der Waals surface area contributed by atoms with Gasteiger partial charge >= 0.3 is 5.97 Å². The molecule has 0 radical (unpaired) electrons. The molecule has 8 nitrogen and oxygen atoms in total. The second-order valence-electron chi connectivity index (χ2n) is 6.66. The summed E-state index contributed by atoms with van der Waals surface area (Å²) in [7, 11) is 1.54. The molecule has 0 aliphatic carbocycles. The van der Waals surface area contributed by atoms with Crippen LogP contribution in [0.5, 0.6) is 5.75 Å². The number of rotatable bonds is 9. The first kappa shape index (κ1) is 23.0. The van der Waals surface area contributed by atoms with E-state index >= 15 is 0 Å². The average Bonchev–Trinajstić information content (AvgIpc) is 3.21. The lowest BCUT2D eigenvalue weighted by molar-refractivity contribution is -0.116. The highest BCUT2D eigenvalue weighted by Crippen LogP contribution is 2.30. The number of hydrogen-bond donors (Lipinski definition) is 1. The lowest BCUT2D eigenvalue weighted by atomic mass is 10.1. The number of amides is 1. The number of hydrogen-bond acceptors (Lipinski definition) is 7. The number of methoxy groups -OCH3 is 1. The van der Waals surface area contributed by atoms with Crippen molar-refractivity contribution in [2.45, 2.75) is 19.8 Å². The third-order valence-electron chi connectivity index (χ3n) is 4.53. The van der Waals surface area contributed by atoms with Gasteiger partial charge in [-0.15, -0.1) is 0 Å². The van der Waals surface area contributed by atoms with Crippen LogP contribution in [0.2, 0.25) is 5.02 Å². The van der Waals surface area contributed by atoms with Crippen molar-refractivity contribution in [2.75, 3.05) is 19.0 Å². The lowest BCUT2D eigenvalue weighted by Gasteiger charge is -2.06. The van der Waals surface area contributed by atoms with Gasteiger partial charge in [-0.05, 0) is 43.3 Å². The molecule has 32 heavy (non-hydrogen) atoms. The molecule has 166 valence electrons. The van der Waals surface area contributed by atoms with E-state index in [0.717, 1.165) is 0 Å². The second-order valence-corrected chi connectivity index (χ2v) is 7.10. The fourth-order valence-electron chi connectivity index (χ4n) is 2.91. The zero-order chi connectivity index (χ0) is 23.1. The minimum atomic E-state index is -0.691. The number of benzene rings is 2. The molecule has 1 heterocycles. The number of nitrogens with zero attached hydrogens (tertiary/aromatic N) is 1. The van der Waals surface area contributed by atoms with Crippen LogP contribution in [0.3, 0.4) is 0 Å². The minimum Gasteiger partial charge on any atom is -0.497 e. The van der Waals surface area contributed by atoms with Gasteiger partial charge in [0.25, 0.3) is 0 Å². The number of Topliss-reactive ketones (excluding diaryl/α,β-unsaturated/α-hetero) is 1. The number of carbonyl (C=O) groups excluding carboxylic acids is 3. The fraction of sp³-hybridized carbons (Fsp3) is 0.217. The van der Waals surface area contributed by atoms with E-state index in [1.165, 1.54) is 7.11 Å². The van der Waals surface area contributed by atoms with Crippen molar-refractivity contribution in [3.8, 4) is 17.0 Å². The normalized spacial score (nSPS) is 10.5. The molecule has 0 saturated heterocycles. The summed E-state index contributed by atoms with van der Waals surface area (Å²) in [4.78, 5) is 37.3. The molecular formula is C23H21ClN2O6. The highest BCUT2D eigenvalue weighted by Gasteiger charge is 2.26. The quantitative estimate of drug-likeness (QED) is 0.364. The van der Waals surface area contributed by atoms with E-state index in [4.69, 9.17) is 25.6 Å². The van der Waals surface area contributed by atoms with Gasteiger partial charge < -0.3 is 14.0 Å². The summed E-state index contributed by atoms with van der Waals surface area (Å²) < 4.78 is 15.4. The monoisotopic (exact) mass is 456 g/mol. The van der Waals surface area contributed by atoms with E-state index in [9.17, 15) is 14.4 Å². The summed E-state index contributed by atoms with van der Waals surface area (Å²) >= 11 is 5.92. The van der Waals surface area contributed by atoms with E-state index < -0.39 is 11.9 Å². The molecule has 0 unspecified atom stereocenters. The summed E-state index contributed by atoms with van der Waals surface area (Å²) in [6.45, 7) is 1.80. The number of nitrogens with one attached hydrogen (secondary N) is 1. The molecule has 3 aromatic rings. The van der Waals surface area contributed by atoms with Gasteiger partial charge in [-0.3, -0.25) is 14.9 Å². The van der Waals surface area contributed by atoms with E-state index in [0.29, 0.717) is 21.9 Å². The number of halogens is 1. The highest BCUT2D eigenvalue weighted by atomic mass is 35.5. The summed E-state index contributed by atoms with van der Waals surface area (Å²) in [5.74, 6) is -0.907. The lowest BCUT2D eigenvalue weighted by Crippen LogP contribution is -2.16. The zero-order valence-electron chi connectivity index (χ0n) is 17.5. The molecule has 2 aromatic carbocycles. The Morgan fingerprint density at radius 1 is 1.03 bits per heavy atom. The van der Waals surface area contributed by atoms with Crippen molar-refractivity contribution in [1.29, 1.82) is 0 Å². The molecule has 1 N–H and O–H groups in total. The minimum absolute atomic E-state index is 0.0102. The largest absolute Gasteiger partial charge is 0.497 e. The number of esters is 1. The van der Waals surface area contributed by atoms with Crippen molar-refractivity contribution in [3.05, 3.63) is 64.7 Å². The highest BCUT2D eigenvalue weighted by molar-refractivity contribution is 6.30. The Morgan fingerprint density at radius 2 is 1.72 bits per heavy atom. The Kier molecular flexibility index (Phi) is 7.62. The maximum absolute atomic E-state index is 12.5. The number of anilines is 1. The summed E-state index contributed by atoms with van der Waals surface area (Å²) in [5, 5.41) is 6.95. The van der Waals surface area contributed by atoms with Crippen molar-refractivity contribution in [2.24, 2.45) is 0 Å². The first-order valence-corrected chi connectivity index (χ1v) is 10.2. The van der Waals surface area contributed by atoms with Crippen LogP contribution in [0, 0.1) is 0 Å². The van der Waals surface area contributed by atoms with Crippen LogP contribution in [-0.2, 0) is 9.53 Å². The van der Waals surface area contributed by atoms with Crippen LogP contribution in [-0.4, -0.2) is 36.5 Å². The molecule has 0 aliphatic heterocycles. The zero-order valence-corrected chi connectivity index (χ0v) is 18.3. The van der Waals surface area contributed by atoms with Gasteiger partial charge in [0.05, 0.1) is 13.7 Å². The molecule has 0 bridgehead atoms. The Hall–Kier alpha value is -3.65. The molecule has 1 amide bonds. The van der Waals surface area contributed by atoms with E-state index in [-0.39, 0.29) is 42.4 Å². The maximum Gasteiger partial charge on any atom is 0.346 e. The van der Waals surface area contributed by atoms with Gasteiger partial charge in [0.1, 0.15) is 11.4 Å². The van der Waals surface area contributed by atoms with Crippen LogP contribution in [0.4, 0.5) is 5.88 Å². The predicted octanol–water partition coefficient (Wildman–Crippen LogP) is 4.78. The van der Waals surface area contributed by atoms with Crippen LogP contribution in [0.25, 0.3) is 11.3 Å². The number of carbonyl (C=O) groups is 3. The van der Waals surface area contributed by atoms with Crippen molar-refractivity contribution < 1.29 is 28.4 Å². The topological polar surface area (TPSA) is 108 Å². The molecule has 3 rings (SSSR count). The summed E-state index contributed by atoms with van der Waals surface area (Å²) in [6, 6.07) is 13.2. The van der Waals surface area contributed by atoms with Crippen LogP contribution >= 0.6 is 11.6 Å². The molecule has 0 aliphatic rings. The first-order chi connectivity index (χ1) is 15.4. The smallest absolute Gasteiger partial charge is 0.346 e. The standard InChI is InChI=1S/C23H21ClN2O6/c1-3-31-23(29)20-21(15-4-8-16(24)9-5-15)26-32-22(20)25-19(28)13-12-18(27)14-6-10-17(30-2)11-7-14/h4-11H,3,12-13H2,1-2H3,(H,25,28).